The molecule has 0 aliphatic rings. The van der Waals surface area contributed by atoms with Gasteiger partial charge in [-0.25, -0.2) is 0 Å². The molecule has 0 amide bonds. The lowest BCUT2D eigenvalue weighted by atomic mass is 9.96. The van der Waals surface area contributed by atoms with Crippen molar-refractivity contribution in [3.05, 3.63) is 0 Å². The first-order chi connectivity index (χ1) is 9.78. The van der Waals surface area contributed by atoms with Crippen LogP contribution in [0.4, 0.5) is 0 Å². The van der Waals surface area contributed by atoms with E-state index in [2.05, 4.69) is 19.2 Å². The number of ether oxygens (including phenoxy) is 2. The van der Waals surface area contributed by atoms with Crippen molar-refractivity contribution in [2.24, 2.45) is 5.92 Å². The molecule has 1 atom stereocenters. The number of rotatable bonds is 15. The quantitative estimate of drug-likeness (QED) is 0.358. The Morgan fingerprint density at radius 3 is 2.15 bits per heavy atom. The Balaban J connectivity index is 3.58. The molecule has 122 valence electrons. The number of hydrogen-bond donors (Lipinski definition) is 1. The normalized spacial score (nSPS) is 13.1. The Morgan fingerprint density at radius 1 is 0.800 bits per heavy atom. The fourth-order valence-electron chi connectivity index (χ4n) is 2.65. The minimum atomic E-state index is -0.0442. The van der Waals surface area contributed by atoms with E-state index in [1.54, 1.807) is 14.2 Å². The highest BCUT2D eigenvalue weighted by Crippen LogP contribution is 2.15. The van der Waals surface area contributed by atoms with Crippen LogP contribution in [0.25, 0.3) is 0 Å². The van der Waals surface area contributed by atoms with Crippen molar-refractivity contribution < 1.29 is 9.47 Å². The van der Waals surface area contributed by atoms with E-state index in [1.807, 2.05) is 0 Å². The van der Waals surface area contributed by atoms with Gasteiger partial charge in [-0.15, -0.1) is 0 Å². The van der Waals surface area contributed by atoms with Crippen LogP contribution in [-0.2, 0) is 9.47 Å². The zero-order valence-electron chi connectivity index (χ0n) is 14.2. The molecule has 0 rings (SSSR count). The van der Waals surface area contributed by atoms with Gasteiger partial charge >= 0.3 is 0 Å². The van der Waals surface area contributed by atoms with Crippen molar-refractivity contribution in [2.45, 2.75) is 77.9 Å². The van der Waals surface area contributed by atoms with Crippen LogP contribution in [0.15, 0.2) is 0 Å². The lowest BCUT2D eigenvalue weighted by molar-refractivity contribution is -0.106. The average molecular weight is 287 g/mol. The van der Waals surface area contributed by atoms with Gasteiger partial charge in [-0.05, 0) is 44.7 Å². The smallest absolute Gasteiger partial charge is 0.156 e. The topological polar surface area (TPSA) is 30.5 Å². The molecule has 3 nitrogen and oxygen atoms in total. The van der Waals surface area contributed by atoms with Crippen LogP contribution >= 0.6 is 0 Å². The summed E-state index contributed by atoms with van der Waals surface area (Å²) in [5, 5.41) is 3.60. The molecule has 0 fully saturated rings. The molecule has 1 N–H and O–H groups in total. The Labute approximate surface area is 126 Å². The molecule has 0 saturated carbocycles. The maximum absolute atomic E-state index is 5.19. The molecule has 0 saturated heterocycles. The Morgan fingerprint density at radius 2 is 1.55 bits per heavy atom. The summed E-state index contributed by atoms with van der Waals surface area (Å²) in [7, 11) is 3.41. The highest BCUT2D eigenvalue weighted by atomic mass is 16.7. The first-order valence-corrected chi connectivity index (χ1v) is 8.54. The fraction of sp³-hybridized carbons (Fsp3) is 1.00. The Kier molecular flexibility index (Phi) is 15.2. The highest BCUT2D eigenvalue weighted by molar-refractivity contribution is 4.63. The van der Waals surface area contributed by atoms with Crippen LogP contribution in [0.5, 0.6) is 0 Å². The van der Waals surface area contributed by atoms with Crippen molar-refractivity contribution in [1.82, 2.24) is 5.32 Å². The zero-order chi connectivity index (χ0) is 15.1. The van der Waals surface area contributed by atoms with E-state index < -0.39 is 0 Å². The van der Waals surface area contributed by atoms with Crippen LogP contribution in [0, 0.1) is 5.92 Å². The molecule has 0 bridgehead atoms. The molecule has 0 aliphatic carbocycles. The molecule has 20 heavy (non-hydrogen) atoms. The summed E-state index contributed by atoms with van der Waals surface area (Å²) < 4.78 is 10.4. The second kappa shape index (κ2) is 15.3. The lowest BCUT2D eigenvalue weighted by Crippen LogP contribution is -2.25. The Hall–Kier alpha value is -0.120. The first kappa shape index (κ1) is 19.9. The van der Waals surface area contributed by atoms with Crippen LogP contribution < -0.4 is 5.32 Å². The van der Waals surface area contributed by atoms with Gasteiger partial charge in [0.2, 0.25) is 0 Å². The molecule has 0 aromatic heterocycles. The first-order valence-electron chi connectivity index (χ1n) is 8.54. The third-order valence-electron chi connectivity index (χ3n) is 3.92. The average Bonchev–Trinajstić information content (AvgIpc) is 2.47. The van der Waals surface area contributed by atoms with Crippen LogP contribution in [0.2, 0.25) is 0 Å². The molecular weight excluding hydrogens is 250 g/mol. The summed E-state index contributed by atoms with van der Waals surface area (Å²) in [5.41, 5.74) is 0. The summed E-state index contributed by atoms with van der Waals surface area (Å²) in [4.78, 5) is 0. The largest absolute Gasteiger partial charge is 0.356 e. The van der Waals surface area contributed by atoms with E-state index in [0.717, 1.165) is 25.3 Å². The van der Waals surface area contributed by atoms with Gasteiger partial charge in [0, 0.05) is 14.2 Å². The third kappa shape index (κ3) is 11.7. The standard InChI is InChI=1S/C17H37NO2/c1-5-7-8-9-12-16(11-6-2)15-18-14-10-13-17(19-3)20-4/h16-18H,5-15H2,1-4H3. The summed E-state index contributed by atoms with van der Waals surface area (Å²) in [6, 6.07) is 0. The predicted octanol–water partition coefficient (Wildman–Crippen LogP) is 4.36. The Bertz CT molecular complexity index is 184. The lowest BCUT2D eigenvalue weighted by Gasteiger charge is -2.18. The number of nitrogens with one attached hydrogen (secondary N) is 1. The van der Waals surface area contributed by atoms with Crippen LogP contribution in [0.3, 0.4) is 0 Å². The number of methoxy groups -OCH3 is 2. The highest BCUT2D eigenvalue weighted by Gasteiger charge is 2.08. The molecule has 0 spiro atoms. The van der Waals surface area contributed by atoms with Crippen molar-refractivity contribution in [3.8, 4) is 0 Å². The van der Waals surface area contributed by atoms with Gasteiger partial charge < -0.3 is 14.8 Å². The minimum absolute atomic E-state index is 0.0442. The molecule has 0 aliphatic heterocycles. The maximum atomic E-state index is 5.19. The SMILES string of the molecule is CCCCCCC(CCC)CNCCCC(OC)OC. The number of hydrogen-bond acceptors (Lipinski definition) is 3. The van der Waals surface area contributed by atoms with Crippen molar-refractivity contribution in [1.29, 1.82) is 0 Å². The van der Waals surface area contributed by atoms with Gasteiger partial charge in [0.25, 0.3) is 0 Å². The molecule has 0 radical (unpaired) electrons. The molecule has 0 aromatic carbocycles. The van der Waals surface area contributed by atoms with Gasteiger partial charge in [0.15, 0.2) is 6.29 Å². The van der Waals surface area contributed by atoms with Crippen LogP contribution in [0.1, 0.15) is 71.6 Å². The van der Waals surface area contributed by atoms with Gasteiger partial charge in [-0.3, -0.25) is 0 Å². The molecule has 3 heteroatoms. The summed E-state index contributed by atoms with van der Waals surface area (Å²) in [5.74, 6) is 0.859. The van der Waals surface area contributed by atoms with E-state index >= 15 is 0 Å². The monoisotopic (exact) mass is 287 g/mol. The van der Waals surface area contributed by atoms with Crippen molar-refractivity contribution in [3.63, 3.8) is 0 Å². The molecular formula is C17H37NO2. The maximum Gasteiger partial charge on any atom is 0.156 e. The van der Waals surface area contributed by atoms with E-state index in [-0.39, 0.29) is 6.29 Å². The van der Waals surface area contributed by atoms with Crippen molar-refractivity contribution >= 4 is 0 Å². The van der Waals surface area contributed by atoms with Gasteiger partial charge in [0.05, 0.1) is 0 Å². The van der Waals surface area contributed by atoms with E-state index in [9.17, 15) is 0 Å². The third-order valence-corrected chi connectivity index (χ3v) is 3.92. The minimum Gasteiger partial charge on any atom is -0.356 e. The second-order valence-corrected chi connectivity index (χ2v) is 5.75. The van der Waals surface area contributed by atoms with E-state index in [0.29, 0.717) is 0 Å². The zero-order valence-corrected chi connectivity index (χ0v) is 14.2. The second-order valence-electron chi connectivity index (χ2n) is 5.75. The molecule has 0 heterocycles. The van der Waals surface area contributed by atoms with E-state index in [4.69, 9.17) is 9.47 Å². The summed E-state index contributed by atoms with van der Waals surface area (Å²) in [6.45, 7) is 6.81. The van der Waals surface area contributed by atoms with Gasteiger partial charge in [0.1, 0.15) is 0 Å². The summed E-state index contributed by atoms with van der Waals surface area (Å²) >= 11 is 0. The summed E-state index contributed by atoms with van der Waals surface area (Å²) in [6.07, 6.45) is 11.6. The molecule has 0 aromatic rings. The number of unbranched alkanes of at least 4 members (excludes halogenated alkanes) is 3. The molecule has 1 unspecified atom stereocenters. The van der Waals surface area contributed by atoms with Gasteiger partial charge in [-0.2, -0.15) is 0 Å². The predicted molar refractivity (Wildman–Crippen MR) is 87.1 cm³/mol. The van der Waals surface area contributed by atoms with Crippen molar-refractivity contribution in [2.75, 3.05) is 27.3 Å². The van der Waals surface area contributed by atoms with Gasteiger partial charge in [-0.1, -0.05) is 46.0 Å². The van der Waals surface area contributed by atoms with Crippen LogP contribution in [-0.4, -0.2) is 33.6 Å². The fourth-order valence-corrected chi connectivity index (χ4v) is 2.65. The van der Waals surface area contributed by atoms with E-state index in [1.165, 1.54) is 51.5 Å².